The SMILES string of the molecule is CC[C@H](N)n1c2c(c3ccccc31)CCC2. The summed E-state index contributed by atoms with van der Waals surface area (Å²) >= 11 is 0. The molecular formula is C14H18N2. The van der Waals surface area contributed by atoms with E-state index in [4.69, 9.17) is 5.73 Å². The van der Waals surface area contributed by atoms with E-state index in [1.54, 1.807) is 5.56 Å². The van der Waals surface area contributed by atoms with Gasteiger partial charge in [-0.15, -0.1) is 0 Å². The van der Waals surface area contributed by atoms with Gasteiger partial charge in [0.05, 0.1) is 6.17 Å². The van der Waals surface area contributed by atoms with Crippen LogP contribution in [-0.2, 0) is 12.8 Å². The predicted molar refractivity (Wildman–Crippen MR) is 67.5 cm³/mol. The molecule has 2 N–H and O–H groups in total. The van der Waals surface area contributed by atoms with E-state index in [1.165, 1.54) is 35.9 Å². The molecule has 3 rings (SSSR count). The van der Waals surface area contributed by atoms with Gasteiger partial charge in [0.1, 0.15) is 0 Å². The van der Waals surface area contributed by atoms with E-state index in [1.807, 2.05) is 0 Å². The largest absolute Gasteiger partial charge is 0.329 e. The zero-order valence-electron chi connectivity index (χ0n) is 9.74. The molecule has 1 aliphatic rings. The van der Waals surface area contributed by atoms with Crippen molar-refractivity contribution in [1.29, 1.82) is 0 Å². The average Bonchev–Trinajstić information content (AvgIpc) is 2.87. The topological polar surface area (TPSA) is 30.9 Å². The Kier molecular flexibility index (Phi) is 2.25. The van der Waals surface area contributed by atoms with Crippen molar-refractivity contribution in [3.05, 3.63) is 35.5 Å². The summed E-state index contributed by atoms with van der Waals surface area (Å²) in [6, 6.07) is 8.67. The average molecular weight is 214 g/mol. The number of rotatable bonds is 2. The molecule has 0 spiro atoms. The number of para-hydroxylation sites is 1. The molecule has 1 aliphatic carbocycles. The van der Waals surface area contributed by atoms with Crippen LogP contribution in [0.4, 0.5) is 0 Å². The molecule has 0 saturated heterocycles. The lowest BCUT2D eigenvalue weighted by Gasteiger charge is -2.16. The first kappa shape index (κ1) is 9.91. The van der Waals surface area contributed by atoms with Crippen LogP contribution in [0.2, 0.25) is 0 Å². The Morgan fingerprint density at radius 1 is 1.31 bits per heavy atom. The van der Waals surface area contributed by atoms with Crippen LogP contribution in [0.1, 0.15) is 37.2 Å². The molecule has 1 aromatic carbocycles. The van der Waals surface area contributed by atoms with Gasteiger partial charge in [-0.25, -0.2) is 0 Å². The molecule has 2 nitrogen and oxygen atoms in total. The van der Waals surface area contributed by atoms with E-state index in [9.17, 15) is 0 Å². The standard InChI is InChI=1S/C14H18N2/c1-2-14(15)16-12-8-4-3-6-10(12)11-7-5-9-13(11)16/h3-4,6,8,14H,2,5,7,9,15H2,1H3/t14-/m1/s1. The highest BCUT2D eigenvalue weighted by molar-refractivity contribution is 5.86. The third kappa shape index (κ3) is 1.23. The van der Waals surface area contributed by atoms with Gasteiger partial charge >= 0.3 is 0 Å². The quantitative estimate of drug-likeness (QED) is 0.818. The fraction of sp³-hybridized carbons (Fsp3) is 0.429. The Bertz CT molecular complexity index is 525. The summed E-state index contributed by atoms with van der Waals surface area (Å²) in [6.45, 7) is 2.15. The van der Waals surface area contributed by atoms with Crippen LogP contribution >= 0.6 is 0 Å². The monoisotopic (exact) mass is 214 g/mol. The minimum atomic E-state index is 0.131. The first-order chi connectivity index (χ1) is 7.83. The smallest absolute Gasteiger partial charge is 0.0814 e. The third-order valence-electron chi connectivity index (χ3n) is 3.72. The van der Waals surface area contributed by atoms with E-state index in [-0.39, 0.29) is 6.17 Å². The van der Waals surface area contributed by atoms with Gasteiger partial charge in [-0.05, 0) is 37.3 Å². The molecule has 0 amide bonds. The number of fused-ring (bicyclic) bond motifs is 3. The van der Waals surface area contributed by atoms with E-state index >= 15 is 0 Å². The molecule has 0 radical (unpaired) electrons. The molecule has 2 heteroatoms. The first-order valence-corrected chi connectivity index (χ1v) is 6.19. The van der Waals surface area contributed by atoms with Crippen molar-refractivity contribution < 1.29 is 0 Å². The van der Waals surface area contributed by atoms with Crippen molar-refractivity contribution >= 4 is 10.9 Å². The van der Waals surface area contributed by atoms with Gasteiger partial charge in [-0.1, -0.05) is 25.1 Å². The second-order valence-corrected chi connectivity index (χ2v) is 4.64. The number of hydrogen-bond donors (Lipinski definition) is 1. The molecule has 0 saturated carbocycles. The summed E-state index contributed by atoms with van der Waals surface area (Å²) in [5, 5.41) is 1.42. The fourth-order valence-electron chi connectivity index (χ4n) is 2.93. The molecule has 2 aromatic rings. The van der Waals surface area contributed by atoms with Gasteiger partial charge in [0.2, 0.25) is 0 Å². The molecule has 0 fully saturated rings. The highest BCUT2D eigenvalue weighted by Gasteiger charge is 2.22. The van der Waals surface area contributed by atoms with Crippen molar-refractivity contribution in [2.45, 2.75) is 38.8 Å². The first-order valence-electron chi connectivity index (χ1n) is 6.19. The Morgan fingerprint density at radius 2 is 2.12 bits per heavy atom. The summed E-state index contributed by atoms with van der Waals surface area (Å²) < 4.78 is 2.36. The molecule has 0 bridgehead atoms. The van der Waals surface area contributed by atoms with Gasteiger partial charge in [0.25, 0.3) is 0 Å². The maximum Gasteiger partial charge on any atom is 0.0814 e. The van der Waals surface area contributed by atoms with Crippen molar-refractivity contribution in [3.63, 3.8) is 0 Å². The molecule has 16 heavy (non-hydrogen) atoms. The van der Waals surface area contributed by atoms with Crippen LogP contribution < -0.4 is 5.73 Å². The molecule has 84 valence electrons. The van der Waals surface area contributed by atoms with Crippen molar-refractivity contribution in [3.8, 4) is 0 Å². The van der Waals surface area contributed by atoms with Crippen molar-refractivity contribution in [2.24, 2.45) is 5.73 Å². The number of nitrogens with zero attached hydrogens (tertiary/aromatic N) is 1. The summed E-state index contributed by atoms with van der Waals surface area (Å²) in [5.41, 5.74) is 10.6. The molecule has 1 aromatic heterocycles. The lowest BCUT2D eigenvalue weighted by molar-refractivity contribution is 0.506. The highest BCUT2D eigenvalue weighted by atomic mass is 15.1. The maximum absolute atomic E-state index is 6.24. The summed E-state index contributed by atoms with van der Waals surface area (Å²) in [4.78, 5) is 0. The van der Waals surface area contributed by atoms with Crippen LogP contribution in [0, 0.1) is 0 Å². The molecular weight excluding hydrogens is 196 g/mol. The number of benzene rings is 1. The summed E-state index contributed by atoms with van der Waals surface area (Å²) in [5.74, 6) is 0. The van der Waals surface area contributed by atoms with Gasteiger partial charge in [-0.2, -0.15) is 0 Å². The maximum atomic E-state index is 6.24. The van der Waals surface area contributed by atoms with Crippen LogP contribution in [-0.4, -0.2) is 4.57 Å². The van der Waals surface area contributed by atoms with Crippen molar-refractivity contribution in [2.75, 3.05) is 0 Å². The van der Waals surface area contributed by atoms with Gasteiger partial charge in [0, 0.05) is 16.6 Å². The zero-order valence-corrected chi connectivity index (χ0v) is 9.74. The summed E-state index contributed by atoms with van der Waals surface area (Å²) in [7, 11) is 0. The normalized spacial score (nSPS) is 16.6. The highest BCUT2D eigenvalue weighted by Crippen LogP contribution is 2.34. The Morgan fingerprint density at radius 3 is 2.94 bits per heavy atom. The summed E-state index contributed by atoms with van der Waals surface area (Å²) in [6.07, 6.45) is 4.82. The second-order valence-electron chi connectivity index (χ2n) is 4.64. The Balaban J connectivity index is 2.33. The number of aryl methyl sites for hydroxylation is 1. The number of nitrogens with two attached hydrogens (primary N) is 1. The van der Waals surface area contributed by atoms with E-state index in [0.29, 0.717) is 0 Å². The number of hydrogen-bond acceptors (Lipinski definition) is 1. The van der Waals surface area contributed by atoms with Crippen LogP contribution in [0.15, 0.2) is 24.3 Å². The lowest BCUT2D eigenvalue weighted by Crippen LogP contribution is -2.19. The molecule has 0 unspecified atom stereocenters. The zero-order chi connectivity index (χ0) is 11.1. The van der Waals surface area contributed by atoms with Crippen LogP contribution in [0.3, 0.4) is 0 Å². The molecule has 1 atom stereocenters. The van der Waals surface area contributed by atoms with Crippen LogP contribution in [0.25, 0.3) is 10.9 Å². The number of aromatic nitrogens is 1. The molecule has 0 aliphatic heterocycles. The van der Waals surface area contributed by atoms with Gasteiger partial charge in [-0.3, -0.25) is 0 Å². The van der Waals surface area contributed by atoms with E-state index in [2.05, 4.69) is 35.8 Å². The van der Waals surface area contributed by atoms with E-state index < -0.39 is 0 Å². The fourth-order valence-corrected chi connectivity index (χ4v) is 2.93. The third-order valence-corrected chi connectivity index (χ3v) is 3.72. The van der Waals surface area contributed by atoms with E-state index in [0.717, 1.165) is 6.42 Å². The van der Waals surface area contributed by atoms with Crippen molar-refractivity contribution in [1.82, 2.24) is 4.57 Å². The molecule has 1 heterocycles. The minimum absolute atomic E-state index is 0.131. The Labute approximate surface area is 96.1 Å². The second kappa shape index (κ2) is 3.63. The van der Waals surface area contributed by atoms with Gasteiger partial charge in [0.15, 0.2) is 0 Å². The van der Waals surface area contributed by atoms with Crippen LogP contribution in [0.5, 0.6) is 0 Å². The predicted octanol–water partition coefficient (Wildman–Crippen LogP) is 3.00. The minimum Gasteiger partial charge on any atom is -0.329 e. The lowest BCUT2D eigenvalue weighted by atomic mass is 10.1. The van der Waals surface area contributed by atoms with Gasteiger partial charge < -0.3 is 10.3 Å². The Hall–Kier alpha value is -1.28.